The van der Waals surface area contributed by atoms with Gasteiger partial charge in [0.15, 0.2) is 0 Å². The summed E-state index contributed by atoms with van der Waals surface area (Å²) < 4.78 is 2.15. The molecule has 1 aromatic carbocycles. The monoisotopic (exact) mass is 455 g/mol. The van der Waals surface area contributed by atoms with Gasteiger partial charge < -0.3 is 4.90 Å². The van der Waals surface area contributed by atoms with E-state index < -0.39 is 0 Å². The molecule has 176 valence electrons. The quantitative estimate of drug-likeness (QED) is 0.563. The van der Waals surface area contributed by atoms with Gasteiger partial charge in [0.1, 0.15) is 0 Å². The van der Waals surface area contributed by atoms with Gasteiger partial charge in [-0.15, -0.1) is 0 Å². The van der Waals surface area contributed by atoms with Gasteiger partial charge in [0.2, 0.25) is 11.7 Å². The summed E-state index contributed by atoms with van der Waals surface area (Å²) in [6, 6.07) is 11.8. The molecular weight excluding hydrogens is 422 g/mol. The number of aromatic nitrogens is 3. The first-order chi connectivity index (χ1) is 16.7. The summed E-state index contributed by atoms with van der Waals surface area (Å²) in [6.07, 6.45) is 13.5. The van der Waals surface area contributed by atoms with Crippen molar-refractivity contribution in [3.63, 3.8) is 0 Å². The van der Waals surface area contributed by atoms with Crippen LogP contribution in [0.1, 0.15) is 68.5 Å². The summed E-state index contributed by atoms with van der Waals surface area (Å²) in [5.74, 6) is 2.25. The van der Waals surface area contributed by atoms with Gasteiger partial charge >= 0.3 is 0 Å². The van der Waals surface area contributed by atoms with Crippen LogP contribution >= 0.6 is 0 Å². The second-order valence-corrected chi connectivity index (χ2v) is 10.9. The Bertz CT molecular complexity index is 1190. The maximum absolute atomic E-state index is 13.3. The molecule has 2 aliphatic carbocycles. The Labute approximate surface area is 201 Å². The smallest absolute Gasteiger partial charge is 0.234 e. The second kappa shape index (κ2) is 8.19. The molecule has 2 bridgehead atoms. The van der Waals surface area contributed by atoms with Crippen molar-refractivity contribution in [3.8, 4) is 11.3 Å². The van der Waals surface area contributed by atoms with Crippen LogP contribution in [-0.4, -0.2) is 55.2 Å². The summed E-state index contributed by atoms with van der Waals surface area (Å²) >= 11 is 0. The second-order valence-electron chi connectivity index (χ2n) is 10.9. The average molecular weight is 456 g/mol. The fourth-order valence-corrected chi connectivity index (χ4v) is 6.72. The zero-order valence-corrected chi connectivity index (χ0v) is 19.8. The lowest BCUT2D eigenvalue weighted by Crippen LogP contribution is -2.56. The molecule has 0 spiro atoms. The summed E-state index contributed by atoms with van der Waals surface area (Å²) in [7, 11) is 0. The molecule has 4 fully saturated rings. The van der Waals surface area contributed by atoms with Gasteiger partial charge in [-0.25, -0.2) is 9.97 Å². The molecule has 4 heterocycles. The van der Waals surface area contributed by atoms with Crippen molar-refractivity contribution in [1.82, 2.24) is 24.2 Å². The van der Waals surface area contributed by atoms with E-state index in [1.54, 1.807) is 0 Å². The minimum atomic E-state index is 0.282. The van der Waals surface area contributed by atoms with Gasteiger partial charge in [-0.1, -0.05) is 37.1 Å². The normalized spacial score (nSPS) is 25.5. The van der Waals surface area contributed by atoms with E-state index >= 15 is 0 Å². The first-order valence-corrected chi connectivity index (χ1v) is 13.2. The third-order valence-electron chi connectivity index (χ3n) is 8.63. The fraction of sp³-hybridized carbons (Fsp3) is 0.536. The number of amides is 1. The van der Waals surface area contributed by atoms with Crippen LogP contribution in [0.25, 0.3) is 17.0 Å². The number of benzene rings is 1. The van der Waals surface area contributed by atoms with Gasteiger partial charge in [-0.05, 0) is 56.1 Å². The molecule has 7 rings (SSSR count). The molecular formula is C28H33N5O. The van der Waals surface area contributed by atoms with Gasteiger partial charge in [0.05, 0.1) is 11.4 Å². The van der Waals surface area contributed by atoms with E-state index in [0.29, 0.717) is 18.0 Å². The molecule has 2 saturated heterocycles. The Kier molecular flexibility index (Phi) is 4.97. The fourth-order valence-electron chi connectivity index (χ4n) is 6.72. The summed E-state index contributed by atoms with van der Waals surface area (Å²) in [4.78, 5) is 27.6. The minimum absolute atomic E-state index is 0.282. The summed E-state index contributed by atoms with van der Waals surface area (Å²) in [5, 5.41) is 0. The molecule has 2 aromatic heterocycles. The number of nitrogens with zero attached hydrogens (tertiary/aromatic N) is 5. The van der Waals surface area contributed by atoms with Crippen molar-refractivity contribution in [2.24, 2.45) is 5.92 Å². The summed E-state index contributed by atoms with van der Waals surface area (Å²) in [5.41, 5.74) is 4.87. The predicted octanol–water partition coefficient (Wildman–Crippen LogP) is 4.64. The van der Waals surface area contributed by atoms with Gasteiger partial charge in [0, 0.05) is 55.6 Å². The van der Waals surface area contributed by atoms with Crippen LogP contribution in [0.4, 0.5) is 0 Å². The molecule has 0 N–H and O–H groups in total. The minimum Gasteiger partial charge on any atom is -0.334 e. The third kappa shape index (κ3) is 3.54. The van der Waals surface area contributed by atoms with Crippen LogP contribution in [0.5, 0.6) is 0 Å². The number of carbonyl (C=O) groups excluding carboxylic acids is 1. The SMILES string of the molecule is O=C(C1CCCC1)N1C2CCC1CN(Cc1c(-c3ccc(C4CC4)cc3)nc3ncccn13)C2. The van der Waals surface area contributed by atoms with Gasteiger partial charge in [-0.2, -0.15) is 0 Å². The largest absolute Gasteiger partial charge is 0.334 e. The van der Waals surface area contributed by atoms with Crippen LogP contribution < -0.4 is 0 Å². The number of hydrogen-bond donors (Lipinski definition) is 0. The third-order valence-corrected chi connectivity index (χ3v) is 8.63. The standard InChI is InChI=1S/C28H33N5O/c34-27(22-4-1-2-5-22)33-23-12-13-24(33)17-31(16-23)18-25-26(30-28-29-14-3-15-32(25)28)21-10-8-20(9-11-21)19-6-7-19/h3,8-11,14-15,19,22-24H,1-2,4-7,12-13,16-18H2. The van der Waals surface area contributed by atoms with Crippen LogP contribution in [-0.2, 0) is 11.3 Å². The van der Waals surface area contributed by atoms with Crippen LogP contribution in [0, 0.1) is 5.92 Å². The number of likely N-dealkylation sites (tertiary alicyclic amines) is 1. The number of rotatable bonds is 5. The van der Waals surface area contributed by atoms with Crippen molar-refractivity contribution in [1.29, 1.82) is 0 Å². The Morgan fingerprint density at radius 3 is 2.38 bits per heavy atom. The van der Waals surface area contributed by atoms with Gasteiger partial charge in [-0.3, -0.25) is 14.1 Å². The predicted molar refractivity (Wildman–Crippen MR) is 131 cm³/mol. The number of imidazole rings is 1. The van der Waals surface area contributed by atoms with E-state index in [2.05, 4.69) is 49.6 Å². The Balaban J connectivity index is 1.16. The Hall–Kier alpha value is -2.73. The zero-order valence-electron chi connectivity index (χ0n) is 19.8. The van der Waals surface area contributed by atoms with Crippen LogP contribution in [0.3, 0.4) is 0 Å². The molecule has 2 aliphatic heterocycles. The zero-order chi connectivity index (χ0) is 22.6. The van der Waals surface area contributed by atoms with Crippen molar-refractivity contribution in [2.75, 3.05) is 13.1 Å². The highest BCUT2D eigenvalue weighted by Gasteiger charge is 2.44. The molecule has 2 unspecified atom stereocenters. The molecule has 4 aliphatic rings. The Morgan fingerprint density at radius 1 is 0.941 bits per heavy atom. The van der Waals surface area contributed by atoms with Crippen molar-refractivity contribution in [3.05, 3.63) is 54.0 Å². The number of hydrogen-bond acceptors (Lipinski definition) is 4. The van der Waals surface area contributed by atoms with E-state index in [-0.39, 0.29) is 5.92 Å². The maximum atomic E-state index is 13.3. The lowest BCUT2D eigenvalue weighted by Gasteiger charge is -2.42. The Morgan fingerprint density at radius 2 is 1.68 bits per heavy atom. The number of fused-ring (bicyclic) bond motifs is 3. The molecule has 3 aromatic rings. The first-order valence-electron chi connectivity index (χ1n) is 13.2. The number of carbonyl (C=O) groups is 1. The highest BCUT2D eigenvalue weighted by Crippen LogP contribution is 2.41. The lowest BCUT2D eigenvalue weighted by molar-refractivity contribution is -0.141. The molecule has 34 heavy (non-hydrogen) atoms. The highest BCUT2D eigenvalue weighted by atomic mass is 16.2. The molecule has 1 amide bonds. The van der Waals surface area contributed by atoms with E-state index in [1.807, 2.05) is 12.3 Å². The lowest BCUT2D eigenvalue weighted by atomic mass is 10.0. The molecule has 6 nitrogen and oxygen atoms in total. The molecule has 6 heteroatoms. The molecule has 2 atom stereocenters. The topological polar surface area (TPSA) is 53.7 Å². The highest BCUT2D eigenvalue weighted by molar-refractivity contribution is 5.80. The van der Waals surface area contributed by atoms with E-state index in [9.17, 15) is 4.79 Å². The molecule has 2 saturated carbocycles. The maximum Gasteiger partial charge on any atom is 0.234 e. The van der Waals surface area contributed by atoms with Crippen LogP contribution in [0.2, 0.25) is 0 Å². The van der Waals surface area contributed by atoms with E-state index in [1.165, 1.54) is 42.5 Å². The van der Waals surface area contributed by atoms with Crippen molar-refractivity contribution >= 4 is 11.7 Å². The first kappa shape index (κ1) is 20.6. The van der Waals surface area contributed by atoms with Gasteiger partial charge in [0.25, 0.3) is 0 Å². The molecule has 0 radical (unpaired) electrons. The summed E-state index contributed by atoms with van der Waals surface area (Å²) in [6.45, 7) is 2.76. The van der Waals surface area contributed by atoms with E-state index in [0.717, 1.165) is 62.7 Å². The van der Waals surface area contributed by atoms with Crippen molar-refractivity contribution in [2.45, 2.75) is 75.9 Å². The van der Waals surface area contributed by atoms with Crippen LogP contribution in [0.15, 0.2) is 42.7 Å². The average Bonchev–Trinajstić information content (AvgIpc) is 3.33. The number of piperazine rings is 1. The van der Waals surface area contributed by atoms with Crippen molar-refractivity contribution < 1.29 is 4.79 Å². The van der Waals surface area contributed by atoms with E-state index in [4.69, 9.17) is 4.98 Å².